The second-order valence-corrected chi connectivity index (χ2v) is 10.2. The molecule has 0 saturated carbocycles. The van der Waals surface area contributed by atoms with E-state index in [2.05, 4.69) is 4.90 Å². The molecule has 5 nitrogen and oxygen atoms in total. The highest BCUT2D eigenvalue weighted by atomic mass is 35.5. The largest absolute Gasteiger partial charge is 0.427 e. The molecule has 0 bridgehead atoms. The van der Waals surface area contributed by atoms with Gasteiger partial charge in [0.2, 0.25) is 0 Å². The Balaban J connectivity index is 2.18. The Morgan fingerprint density at radius 1 is 1.12 bits per heavy atom. The van der Waals surface area contributed by atoms with Gasteiger partial charge in [0, 0.05) is 41.9 Å². The van der Waals surface area contributed by atoms with E-state index in [0.29, 0.717) is 42.6 Å². The van der Waals surface area contributed by atoms with E-state index in [1.165, 1.54) is 6.08 Å². The number of halogens is 2. The Bertz CT molecular complexity index is 888. The van der Waals surface area contributed by atoms with E-state index in [1.54, 1.807) is 19.1 Å². The number of ether oxygens (including phenoxy) is 1. The van der Waals surface area contributed by atoms with Gasteiger partial charge < -0.3 is 9.64 Å². The molecule has 0 N–H and O–H groups in total. The molecule has 33 heavy (non-hydrogen) atoms. The first kappa shape index (κ1) is 27.4. The van der Waals surface area contributed by atoms with Crippen LogP contribution >= 0.6 is 23.2 Å². The molecule has 1 aromatic carbocycles. The molecule has 2 rings (SSSR count). The van der Waals surface area contributed by atoms with Crippen molar-refractivity contribution in [2.45, 2.75) is 53.9 Å². The number of Topliss-reactive ketones (excluding diaryl/α,β-unsaturated/α-hetero) is 1. The van der Waals surface area contributed by atoms with Crippen molar-refractivity contribution in [1.82, 2.24) is 0 Å². The van der Waals surface area contributed by atoms with Crippen molar-refractivity contribution in [3.63, 3.8) is 0 Å². The minimum absolute atomic E-state index is 0.00516. The minimum atomic E-state index is -0.980. The first-order valence-electron chi connectivity index (χ1n) is 11.5. The van der Waals surface area contributed by atoms with Gasteiger partial charge in [-0.3, -0.25) is 14.4 Å². The molecule has 182 valence electrons. The summed E-state index contributed by atoms with van der Waals surface area (Å²) < 4.78 is 5.60. The number of rotatable bonds is 11. The first-order chi connectivity index (χ1) is 15.5. The molecule has 1 aliphatic carbocycles. The normalized spacial score (nSPS) is 21.1. The Kier molecular flexibility index (Phi) is 9.57. The number of esters is 1. The summed E-state index contributed by atoms with van der Waals surface area (Å²) in [6.07, 6.45) is 2.84. The maximum atomic E-state index is 13.1. The average Bonchev–Trinajstić information content (AvgIpc) is 2.75. The van der Waals surface area contributed by atoms with Gasteiger partial charge in [-0.1, -0.05) is 34.1 Å². The maximum Gasteiger partial charge on any atom is 0.311 e. The molecule has 0 heterocycles. The number of ketones is 2. The number of alkyl halides is 2. The third-order valence-corrected chi connectivity index (χ3v) is 7.31. The molecule has 0 radical (unpaired) electrons. The zero-order chi connectivity index (χ0) is 24.8. The van der Waals surface area contributed by atoms with Gasteiger partial charge in [-0.25, -0.2) is 0 Å². The zero-order valence-electron chi connectivity index (χ0n) is 20.2. The second-order valence-electron chi connectivity index (χ2n) is 9.49. The standard InChI is InChI=1S/C26H35Cl2NO4/c1-6-7-21-24(32)18(2)16-22(30)26(21,5)25(3,4)17-23(31)33-20-10-8-19(9-11-20)29(14-12-27)15-13-28/h8-11,16,21H,6-7,12-15,17H2,1-5H3. The Morgan fingerprint density at radius 3 is 2.21 bits per heavy atom. The van der Waals surface area contributed by atoms with Crippen LogP contribution in [0.3, 0.4) is 0 Å². The van der Waals surface area contributed by atoms with E-state index in [1.807, 2.05) is 39.8 Å². The molecule has 0 amide bonds. The topological polar surface area (TPSA) is 63.7 Å². The molecule has 0 aromatic heterocycles. The molecule has 0 spiro atoms. The summed E-state index contributed by atoms with van der Waals surface area (Å²) >= 11 is 11.7. The van der Waals surface area contributed by atoms with Crippen LogP contribution < -0.4 is 9.64 Å². The van der Waals surface area contributed by atoms with Crippen LogP contribution in [0.5, 0.6) is 5.75 Å². The van der Waals surface area contributed by atoms with Crippen LogP contribution in [0, 0.1) is 16.7 Å². The smallest absolute Gasteiger partial charge is 0.311 e. The van der Waals surface area contributed by atoms with Crippen molar-refractivity contribution in [3.05, 3.63) is 35.9 Å². The SMILES string of the molecule is CCCC1C(=O)C(C)=CC(=O)C1(C)C(C)(C)CC(=O)Oc1ccc(N(CCCl)CCCl)cc1. The van der Waals surface area contributed by atoms with Crippen LogP contribution in [0.1, 0.15) is 53.9 Å². The number of carbonyl (C=O) groups is 3. The monoisotopic (exact) mass is 495 g/mol. The van der Waals surface area contributed by atoms with Crippen molar-refractivity contribution in [2.75, 3.05) is 29.7 Å². The third-order valence-electron chi connectivity index (χ3n) is 6.97. The number of hydrogen-bond donors (Lipinski definition) is 0. The summed E-state index contributed by atoms with van der Waals surface area (Å²) in [4.78, 5) is 41.0. The van der Waals surface area contributed by atoms with Crippen LogP contribution in [-0.2, 0) is 14.4 Å². The van der Waals surface area contributed by atoms with Crippen molar-refractivity contribution in [3.8, 4) is 5.75 Å². The molecule has 1 aromatic rings. The van der Waals surface area contributed by atoms with Gasteiger partial charge in [0.15, 0.2) is 11.6 Å². The summed E-state index contributed by atoms with van der Waals surface area (Å²) in [7, 11) is 0. The van der Waals surface area contributed by atoms with E-state index < -0.39 is 22.7 Å². The molecule has 0 aliphatic heterocycles. The Morgan fingerprint density at radius 2 is 1.70 bits per heavy atom. The van der Waals surface area contributed by atoms with Gasteiger partial charge >= 0.3 is 5.97 Å². The van der Waals surface area contributed by atoms with E-state index in [0.717, 1.165) is 12.1 Å². The number of benzene rings is 1. The van der Waals surface area contributed by atoms with Crippen LogP contribution in [0.4, 0.5) is 5.69 Å². The van der Waals surface area contributed by atoms with Crippen molar-refractivity contribution < 1.29 is 19.1 Å². The quantitative estimate of drug-likeness (QED) is 0.220. The molecule has 2 atom stereocenters. The highest BCUT2D eigenvalue weighted by molar-refractivity contribution is 6.18. The fourth-order valence-corrected chi connectivity index (χ4v) is 5.06. The lowest BCUT2D eigenvalue weighted by Crippen LogP contribution is -2.53. The second kappa shape index (κ2) is 11.5. The first-order valence-corrected chi connectivity index (χ1v) is 12.5. The van der Waals surface area contributed by atoms with Crippen LogP contribution in [0.2, 0.25) is 0 Å². The van der Waals surface area contributed by atoms with Gasteiger partial charge in [-0.15, -0.1) is 23.2 Å². The van der Waals surface area contributed by atoms with Gasteiger partial charge in [0.25, 0.3) is 0 Å². The number of allylic oxidation sites excluding steroid dienone is 2. The fourth-order valence-electron chi connectivity index (χ4n) is 4.65. The van der Waals surface area contributed by atoms with Crippen molar-refractivity contribution in [1.29, 1.82) is 0 Å². The van der Waals surface area contributed by atoms with Crippen molar-refractivity contribution in [2.24, 2.45) is 16.7 Å². The lowest BCUT2D eigenvalue weighted by Gasteiger charge is -2.48. The fraction of sp³-hybridized carbons (Fsp3) is 0.577. The predicted octanol–water partition coefficient (Wildman–Crippen LogP) is 5.81. The van der Waals surface area contributed by atoms with Crippen LogP contribution in [0.25, 0.3) is 0 Å². The number of nitrogens with zero attached hydrogens (tertiary/aromatic N) is 1. The molecular formula is C26H35Cl2NO4. The van der Waals surface area contributed by atoms with Gasteiger partial charge in [-0.05, 0) is 54.7 Å². The lowest BCUT2D eigenvalue weighted by molar-refractivity contribution is -0.150. The van der Waals surface area contributed by atoms with Gasteiger partial charge in [0.05, 0.1) is 6.42 Å². The molecular weight excluding hydrogens is 461 g/mol. The number of hydrogen-bond acceptors (Lipinski definition) is 5. The summed E-state index contributed by atoms with van der Waals surface area (Å²) in [5.74, 6) is 0.403. The summed E-state index contributed by atoms with van der Waals surface area (Å²) in [5, 5.41) is 0. The van der Waals surface area contributed by atoms with Gasteiger partial charge in [0.1, 0.15) is 5.75 Å². The molecule has 0 fully saturated rings. The van der Waals surface area contributed by atoms with Crippen LogP contribution in [0.15, 0.2) is 35.9 Å². The maximum absolute atomic E-state index is 13.1. The van der Waals surface area contributed by atoms with Crippen molar-refractivity contribution >= 4 is 46.4 Å². The molecule has 2 unspecified atom stereocenters. The Hall–Kier alpha value is -1.85. The molecule has 0 saturated heterocycles. The number of anilines is 1. The highest BCUT2D eigenvalue weighted by Gasteiger charge is 2.56. The predicted molar refractivity (Wildman–Crippen MR) is 134 cm³/mol. The minimum Gasteiger partial charge on any atom is -0.427 e. The van der Waals surface area contributed by atoms with E-state index in [-0.39, 0.29) is 18.0 Å². The van der Waals surface area contributed by atoms with Gasteiger partial charge in [-0.2, -0.15) is 0 Å². The average molecular weight is 496 g/mol. The number of carbonyl (C=O) groups excluding carboxylic acids is 3. The molecule has 1 aliphatic rings. The van der Waals surface area contributed by atoms with E-state index in [9.17, 15) is 14.4 Å². The Labute approximate surface area is 207 Å². The third kappa shape index (κ3) is 5.99. The van der Waals surface area contributed by atoms with E-state index in [4.69, 9.17) is 27.9 Å². The van der Waals surface area contributed by atoms with E-state index >= 15 is 0 Å². The summed E-state index contributed by atoms with van der Waals surface area (Å²) in [6, 6.07) is 7.20. The molecule has 7 heteroatoms. The summed E-state index contributed by atoms with van der Waals surface area (Å²) in [6.45, 7) is 10.6. The highest BCUT2D eigenvalue weighted by Crippen LogP contribution is 2.52. The lowest BCUT2D eigenvalue weighted by atomic mass is 9.52. The van der Waals surface area contributed by atoms with Crippen LogP contribution in [-0.4, -0.2) is 42.4 Å². The summed E-state index contributed by atoms with van der Waals surface area (Å²) in [5.41, 5.74) is -0.316. The zero-order valence-corrected chi connectivity index (χ0v) is 21.8.